The summed E-state index contributed by atoms with van der Waals surface area (Å²) in [6, 6.07) is 12.4. The van der Waals surface area contributed by atoms with Gasteiger partial charge in [-0.1, -0.05) is 43.7 Å². The Bertz CT molecular complexity index is 636. The van der Waals surface area contributed by atoms with Gasteiger partial charge in [-0.05, 0) is 36.6 Å². The van der Waals surface area contributed by atoms with Crippen LogP contribution < -0.4 is 10.1 Å². The molecule has 2 aromatic carbocycles. The van der Waals surface area contributed by atoms with Crippen molar-refractivity contribution in [2.24, 2.45) is 0 Å². The van der Waals surface area contributed by atoms with Gasteiger partial charge in [0.05, 0.1) is 7.11 Å². The summed E-state index contributed by atoms with van der Waals surface area (Å²) >= 11 is 0. The van der Waals surface area contributed by atoms with Gasteiger partial charge in [0.2, 0.25) is 5.91 Å². The van der Waals surface area contributed by atoms with E-state index in [1.165, 1.54) is 10.8 Å². The first-order valence-corrected chi connectivity index (χ1v) is 7.99. The first-order chi connectivity index (χ1) is 10.7. The van der Waals surface area contributed by atoms with Crippen LogP contribution in [0, 0.1) is 0 Å². The fraction of sp³-hybridized carbons (Fsp3) is 0.421. The van der Waals surface area contributed by atoms with Crippen LogP contribution in [-0.2, 0) is 11.2 Å². The Morgan fingerprint density at radius 3 is 2.73 bits per heavy atom. The Labute approximate surface area is 132 Å². The predicted molar refractivity (Wildman–Crippen MR) is 91.3 cm³/mol. The lowest BCUT2D eigenvalue weighted by Crippen LogP contribution is -2.34. The topological polar surface area (TPSA) is 38.3 Å². The van der Waals surface area contributed by atoms with Crippen LogP contribution in [0.15, 0.2) is 36.4 Å². The van der Waals surface area contributed by atoms with Gasteiger partial charge in [0.15, 0.2) is 0 Å². The summed E-state index contributed by atoms with van der Waals surface area (Å²) in [7, 11) is 1.69. The van der Waals surface area contributed by atoms with E-state index in [9.17, 15) is 4.79 Å². The predicted octanol–water partition coefficient (Wildman–Crippen LogP) is 4.09. The number of benzene rings is 2. The lowest BCUT2D eigenvalue weighted by molar-refractivity contribution is -0.121. The molecule has 0 saturated carbocycles. The van der Waals surface area contributed by atoms with Gasteiger partial charge in [-0.15, -0.1) is 0 Å². The van der Waals surface area contributed by atoms with Crippen molar-refractivity contribution in [3.05, 3.63) is 42.0 Å². The SMILES string of the molecule is CCCCC(=O)NC(C)Cc1c(OC)ccc2ccccc12. The molecule has 0 fully saturated rings. The van der Waals surface area contributed by atoms with Crippen molar-refractivity contribution < 1.29 is 9.53 Å². The zero-order valence-corrected chi connectivity index (χ0v) is 13.7. The Morgan fingerprint density at radius 1 is 1.23 bits per heavy atom. The Morgan fingerprint density at radius 2 is 2.00 bits per heavy atom. The molecule has 1 unspecified atom stereocenters. The van der Waals surface area contributed by atoms with E-state index in [-0.39, 0.29) is 11.9 Å². The van der Waals surface area contributed by atoms with Crippen LogP contribution in [0.25, 0.3) is 10.8 Å². The number of amides is 1. The van der Waals surface area contributed by atoms with E-state index in [2.05, 4.69) is 30.4 Å². The van der Waals surface area contributed by atoms with Crippen LogP contribution in [0.4, 0.5) is 0 Å². The number of ether oxygens (including phenoxy) is 1. The number of rotatable bonds is 7. The van der Waals surface area contributed by atoms with Crippen molar-refractivity contribution in [3.8, 4) is 5.75 Å². The average molecular weight is 299 g/mol. The van der Waals surface area contributed by atoms with E-state index in [0.29, 0.717) is 6.42 Å². The number of nitrogens with one attached hydrogen (secondary N) is 1. The fourth-order valence-electron chi connectivity index (χ4n) is 2.76. The minimum absolute atomic E-state index is 0.0871. The summed E-state index contributed by atoms with van der Waals surface area (Å²) < 4.78 is 5.51. The van der Waals surface area contributed by atoms with Crippen LogP contribution in [0.1, 0.15) is 38.7 Å². The Balaban J connectivity index is 2.17. The first-order valence-electron chi connectivity index (χ1n) is 7.99. The second-order valence-electron chi connectivity index (χ2n) is 5.74. The maximum absolute atomic E-state index is 11.9. The first kappa shape index (κ1) is 16.3. The van der Waals surface area contributed by atoms with Gasteiger partial charge in [0, 0.05) is 18.0 Å². The smallest absolute Gasteiger partial charge is 0.220 e. The number of fused-ring (bicyclic) bond motifs is 1. The van der Waals surface area contributed by atoms with Gasteiger partial charge in [-0.3, -0.25) is 4.79 Å². The summed E-state index contributed by atoms with van der Waals surface area (Å²) in [5, 5.41) is 5.47. The molecule has 0 aliphatic heterocycles. The van der Waals surface area contributed by atoms with Crippen molar-refractivity contribution in [2.75, 3.05) is 7.11 Å². The van der Waals surface area contributed by atoms with E-state index in [4.69, 9.17) is 4.74 Å². The van der Waals surface area contributed by atoms with Crippen LogP contribution in [0.3, 0.4) is 0 Å². The third kappa shape index (κ3) is 4.00. The highest BCUT2D eigenvalue weighted by atomic mass is 16.5. The molecule has 2 aromatic rings. The molecule has 2 rings (SSSR count). The lowest BCUT2D eigenvalue weighted by atomic mass is 9.98. The summed E-state index contributed by atoms with van der Waals surface area (Å²) in [6.07, 6.45) is 3.35. The van der Waals surface area contributed by atoms with Crippen LogP contribution in [0.5, 0.6) is 5.75 Å². The molecule has 22 heavy (non-hydrogen) atoms. The number of carbonyl (C=O) groups is 1. The Kier molecular flexibility index (Phi) is 5.82. The summed E-state index contributed by atoms with van der Waals surface area (Å²) in [4.78, 5) is 11.9. The second kappa shape index (κ2) is 7.83. The van der Waals surface area contributed by atoms with Gasteiger partial charge in [-0.2, -0.15) is 0 Å². The van der Waals surface area contributed by atoms with Gasteiger partial charge in [0.1, 0.15) is 5.75 Å². The normalized spacial score (nSPS) is 12.1. The number of unbranched alkanes of at least 4 members (excludes halogenated alkanes) is 1. The van der Waals surface area contributed by atoms with Crippen LogP contribution in [-0.4, -0.2) is 19.1 Å². The highest BCUT2D eigenvalue weighted by Gasteiger charge is 2.13. The van der Waals surface area contributed by atoms with Crippen LogP contribution >= 0.6 is 0 Å². The molecule has 0 bridgehead atoms. The highest BCUT2D eigenvalue weighted by molar-refractivity contribution is 5.88. The quantitative estimate of drug-likeness (QED) is 0.836. The monoisotopic (exact) mass is 299 g/mol. The van der Waals surface area contributed by atoms with Crippen LogP contribution in [0.2, 0.25) is 0 Å². The molecule has 0 heterocycles. The molecule has 0 radical (unpaired) electrons. The number of methoxy groups -OCH3 is 1. The summed E-state index contributed by atoms with van der Waals surface area (Å²) in [6.45, 7) is 4.14. The highest BCUT2D eigenvalue weighted by Crippen LogP contribution is 2.29. The maximum atomic E-state index is 11.9. The minimum Gasteiger partial charge on any atom is -0.496 e. The zero-order valence-electron chi connectivity index (χ0n) is 13.7. The van der Waals surface area contributed by atoms with Crippen molar-refractivity contribution in [1.82, 2.24) is 5.32 Å². The molecular formula is C19H25NO2. The molecule has 0 aliphatic carbocycles. The van der Waals surface area contributed by atoms with Crippen molar-refractivity contribution in [2.45, 2.75) is 45.6 Å². The molecule has 118 valence electrons. The molecule has 0 saturated heterocycles. The van der Waals surface area contributed by atoms with E-state index < -0.39 is 0 Å². The number of hydrogen-bond acceptors (Lipinski definition) is 2. The molecule has 3 nitrogen and oxygen atoms in total. The average Bonchev–Trinajstić information content (AvgIpc) is 2.53. The summed E-state index contributed by atoms with van der Waals surface area (Å²) in [5.41, 5.74) is 1.16. The number of hydrogen-bond donors (Lipinski definition) is 1. The molecule has 1 N–H and O–H groups in total. The standard InChI is InChI=1S/C19H25NO2/c1-4-5-10-19(21)20-14(2)13-17-16-9-7-6-8-15(16)11-12-18(17)22-3/h6-9,11-12,14H,4-5,10,13H2,1-3H3,(H,20,21). The maximum Gasteiger partial charge on any atom is 0.220 e. The van der Waals surface area contributed by atoms with Crippen molar-refractivity contribution >= 4 is 16.7 Å². The van der Waals surface area contributed by atoms with Gasteiger partial charge in [0.25, 0.3) is 0 Å². The van der Waals surface area contributed by atoms with E-state index in [1.807, 2.05) is 25.1 Å². The molecule has 3 heteroatoms. The van der Waals surface area contributed by atoms with Gasteiger partial charge in [-0.25, -0.2) is 0 Å². The van der Waals surface area contributed by atoms with Crippen molar-refractivity contribution in [1.29, 1.82) is 0 Å². The largest absolute Gasteiger partial charge is 0.496 e. The Hall–Kier alpha value is -2.03. The molecule has 0 spiro atoms. The molecule has 1 atom stereocenters. The fourth-order valence-corrected chi connectivity index (χ4v) is 2.76. The van der Waals surface area contributed by atoms with Gasteiger partial charge < -0.3 is 10.1 Å². The van der Waals surface area contributed by atoms with E-state index in [0.717, 1.165) is 30.6 Å². The van der Waals surface area contributed by atoms with E-state index in [1.54, 1.807) is 7.11 Å². The number of carbonyl (C=O) groups excluding carboxylic acids is 1. The van der Waals surface area contributed by atoms with E-state index >= 15 is 0 Å². The minimum atomic E-state index is 0.0871. The third-order valence-corrected chi connectivity index (χ3v) is 3.89. The summed E-state index contributed by atoms with van der Waals surface area (Å²) in [5.74, 6) is 1.02. The zero-order chi connectivity index (χ0) is 15.9. The molecular weight excluding hydrogens is 274 g/mol. The van der Waals surface area contributed by atoms with Gasteiger partial charge >= 0.3 is 0 Å². The lowest BCUT2D eigenvalue weighted by Gasteiger charge is -2.18. The molecule has 0 aliphatic rings. The van der Waals surface area contributed by atoms with Crippen molar-refractivity contribution in [3.63, 3.8) is 0 Å². The third-order valence-electron chi connectivity index (χ3n) is 3.89. The molecule has 1 amide bonds. The second-order valence-corrected chi connectivity index (χ2v) is 5.74. The molecule has 0 aromatic heterocycles.